The van der Waals surface area contributed by atoms with Crippen LogP contribution in [0.25, 0.3) is 0 Å². The predicted octanol–water partition coefficient (Wildman–Crippen LogP) is 1.49. The number of esters is 1. The van der Waals surface area contributed by atoms with Gasteiger partial charge >= 0.3 is 17.9 Å². The number of para-hydroxylation sites is 1. The first-order chi connectivity index (χ1) is 13.8. The van der Waals surface area contributed by atoms with E-state index in [-0.39, 0.29) is 22.9 Å². The normalized spacial score (nSPS) is 15.7. The van der Waals surface area contributed by atoms with Crippen molar-refractivity contribution in [3.05, 3.63) is 60.2 Å². The summed E-state index contributed by atoms with van der Waals surface area (Å²) in [5.74, 6) is -2.22. The third kappa shape index (κ3) is 3.93. The van der Waals surface area contributed by atoms with Gasteiger partial charge in [-0.25, -0.2) is 9.59 Å². The summed E-state index contributed by atoms with van der Waals surface area (Å²) >= 11 is 0. The average molecular weight is 393 g/mol. The number of hydrogen-bond acceptors (Lipinski definition) is 6. The van der Waals surface area contributed by atoms with Gasteiger partial charge in [0, 0.05) is 12.5 Å². The fourth-order valence-electron chi connectivity index (χ4n) is 2.67. The number of benzene rings is 2. The molecule has 0 bridgehead atoms. The number of nitrogens with zero attached hydrogens (tertiary/aromatic N) is 3. The Morgan fingerprint density at radius 2 is 1.76 bits per heavy atom. The number of hydrogen-bond donors (Lipinski definition) is 1. The van der Waals surface area contributed by atoms with Crippen LogP contribution in [0.15, 0.2) is 59.6 Å². The molecule has 0 spiro atoms. The molecule has 2 aromatic rings. The molecule has 2 N–H and O–H groups in total. The fraction of sp³-hybridized carbons (Fsp3) is 0.100. The molecule has 1 heterocycles. The van der Waals surface area contributed by atoms with Crippen LogP contribution in [-0.2, 0) is 9.59 Å². The van der Waals surface area contributed by atoms with E-state index < -0.39 is 23.8 Å². The number of amidine groups is 1. The molecule has 0 aliphatic carbocycles. The second-order valence-corrected chi connectivity index (χ2v) is 6.09. The second-order valence-electron chi connectivity index (χ2n) is 6.09. The molecule has 0 atom stereocenters. The van der Waals surface area contributed by atoms with Crippen molar-refractivity contribution in [2.45, 2.75) is 6.92 Å². The molecule has 9 nitrogen and oxygen atoms in total. The summed E-state index contributed by atoms with van der Waals surface area (Å²) in [5, 5.41) is 0. The maximum Gasteiger partial charge on any atom is 0.451 e. The molecule has 0 saturated carbocycles. The summed E-state index contributed by atoms with van der Waals surface area (Å²) in [7, 11) is 1.27. The highest BCUT2D eigenvalue weighted by Gasteiger charge is 2.42. The van der Waals surface area contributed by atoms with Gasteiger partial charge in [0.2, 0.25) is 5.71 Å². The molecule has 29 heavy (non-hydrogen) atoms. The standard InChI is InChI=1S/C20H16N4O5/c1-12(25)29-15-10-6-7-13(11-15)18(26)22-16-17(21)24(14-8-4-3-5-9-14)20(28)23(2)19(16)27/h3-11,21H,1-2H3/p+1. The molecule has 0 radical (unpaired) electrons. The van der Waals surface area contributed by atoms with Gasteiger partial charge in [0.25, 0.3) is 11.7 Å². The van der Waals surface area contributed by atoms with Gasteiger partial charge in [-0.1, -0.05) is 24.3 Å². The van der Waals surface area contributed by atoms with Gasteiger partial charge in [-0.3, -0.25) is 9.59 Å². The lowest BCUT2D eigenvalue weighted by atomic mass is 10.2. The summed E-state index contributed by atoms with van der Waals surface area (Å²) in [5.41, 5.74) is 6.19. The third-order valence-electron chi connectivity index (χ3n) is 4.04. The minimum Gasteiger partial charge on any atom is -0.427 e. The zero-order chi connectivity index (χ0) is 21.1. The molecular formula is C20H17N4O5+. The highest BCUT2D eigenvalue weighted by Crippen LogP contribution is 2.18. The maximum absolute atomic E-state index is 12.6. The SMILES string of the molecule is CC(=O)Oc1cccc(C(=O)N=C2C(=O)N(C)C(=O)[N+](c3ccccc3)=C2N)c1. The number of rotatable bonds is 3. The topological polar surface area (TPSA) is 122 Å². The molecule has 146 valence electrons. The van der Waals surface area contributed by atoms with Crippen molar-refractivity contribution in [3.63, 3.8) is 0 Å². The first-order valence-corrected chi connectivity index (χ1v) is 8.51. The smallest absolute Gasteiger partial charge is 0.427 e. The van der Waals surface area contributed by atoms with Gasteiger partial charge in [0.15, 0.2) is 0 Å². The summed E-state index contributed by atoms with van der Waals surface area (Å²) in [6, 6.07) is 13.6. The molecule has 3 rings (SSSR count). The van der Waals surface area contributed by atoms with Crippen LogP contribution in [0.2, 0.25) is 0 Å². The fourth-order valence-corrected chi connectivity index (χ4v) is 2.67. The van der Waals surface area contributed by atoms with Crippen LogP contribution in [0, 0.1) is 0 Å². The van der Waals surface area contributed by atoms with Gasteiger partial charge < -0.3 is 10.5 Å². The molecule has 0 fully saturated rings. The van der Waals surface area contributed by atoms with Crippen LogP contribution in [0.3, 0.4) is 0 Å². The average Bonchev–Trinajstić information content (AvgIpc) is 2.70. The Bertz CT molecular complexity index is 1090. The van der Waals surface area contributed by atoms with Gasteiger partial charge in [-0.15, -0.1) is 0 Å². The van der Waals surface area contributed by atoms with E-state index in [0.717, 1.165) is 9.48 Å². The zero-order valence-electron chi connectivity index (χ0n) is 15.7. The van der Waals surface area contributed by atoms with Crippen LogP contribution >= 0.6 is 0 Å². The minimum absolute atomic E-state index is 0.0858. The van der Waals surface area contributed by atoms with E-state index in [1.54, 1.807) is 30.3 Å². The van der Waals surface area contributed by atoms with E-state index in [9.17, 15) is 19.2 Å². The van der Waals surface area contributed by atoms with Gasteiger partial charge in [-0.2, -0.15) is 14.5 Å². The largest absolute Gasteiger partial charge is 0.451 e. The highest BCUT2D eigenvalue weighted by atomic mass is 16.5. The molecule has 4 amide bonds. The lowest BCUT2D eigenvalue weighted by molar-refractivity contribution is -0.342. The highest BCUT2D eigenvalue weighted by molar-refractivity contribution is 6.68. The van der Waals surface area contributed by atoms with E-state index >= 15 is 0 Å². The van der Waals surface area contributed by atoms with Crippen LogP contribution < -0.4 is 10.5 Å². The first-order valence-electron chi connectivity index (χ1n) is 8.51. The summed E-state index contributed by atoms with van der Waals surface area (Å²) in [6.07, 6.45) is 0. The number of urea groups is 1. The number of imide groups is 1. The molecule has 2 aromatic carbocycles. The Morgan fingerprint density at radius 3 is 2.41 bits per heavy atom. The summed E-state index contributed by atoms with van der Waals surface area (Å²) < 4.78 is 6.05. The van der Waals surface area contributed by atoms with E-state index in [1.165, 1.54) is 38.2 Å². The molecule has 1 aliphatic heterocycles. The van der Waals surface area contributed by atoms with E-state index in [4.69, 9.17) is 10.5 Å². The molecule has 0 aromatic heterocycles. The zero-order valence-corrected chi connectivity index (χ0v) is 15.7. The molecule has 0 unspecified atom stereocenters. The number of ether oxygens (including phenoxy) is 1. The number of nitrogens with two attached hydrogens (primary N) is 1. The van der Waals surface area contributed by atoms with Gasteiger partial charge in [0.1, 0.15) is 11.4 Å². The Labute approximate surface area is 165 Å². The molecule has 1 aliphatic rings. The number of aliphatic imine (C=N–C) groups is 1. The van der Waals surface area contributed by atoms with Gasteiger partial charge in [-0.05, 0) is 30.3 Å². The Kier molecular flexibility index (Phi) is 5.31. The van der Waals surface area contributed by atoms with Crippen LogP contribution in [0.5, 0.6) is 5.75 Å². The Balaban J connectivity index is 2.06. The summed E-state index contributed by atoms with van der Waals surface area (Å²) in [6.45, 7) is 1.23. The quantitative estimate of drug-likeness (QED) is 0.479. The van der Waals surface area contributed by atoms with E-state index in [0.29, 0.717) is 5.69 Å². The van der Waals surface area contributed by atoms with Crippen LogP contribution in [-0.4, -0.2) is 51.9 Å². The van der Waals surface area contributed by atoms with Crippen molar-refractivity contribution in [1.82, 2.24) is 4.90 Å². The number of carbonyl (C=O) groups excluding carboxylic acids is 4. The van der Waals surface area contributed by atoms with Crippen molar-refractivity contribution >= 4 is 41.0 Å². The van der Waals surface area contributed by atoms with E-state index in [1.807, 2.05) is 0 Å². The number of carbonyl (C=O) groups is 4. The molecule has 0 saturated heterocycles. The minimum atomic E-state index is -0.802. The Morgan fingerprint density at radius 1 is 1.07 bits per heavy atom. The predicted molar refractivity (Wildman–Crippen MR) is 103 cm³/mol. The van der Waals surface area contributed by atoms with Crippen LogP contribution in [0.4, 0.5) is 10.5 Å². The summed E-state index contributed by atoms with van der Waals surface area (Å²) in [4.78, 5) is 53.4. The first kappa shape index (κ1) is 19.6. The lowest BCUT2D eigenvalue weighted by Gasteiger charge is -2.20. The van der Waals surface area contributed by atoms with Crippen molar-refractivity contribution in [1.29, 1.82) is 0 Å². The number of amides is 4. The maximum atomic E-state index is 12.6. The van der Waals surface area contributed by atoms with Crippen molar-refractivity contribution in [2.75, 3.05) is 7.05 Å². The lowest BCUT2D eigenvalue weighted by Crippen LogP contribution is -2.55. The third-order valence-corrected chi connectivity index (χ3v) is 4.04. The second kappa shape index (κ2) is 7.85. The van der Waals surface area contributed by atoms with E-state index in [2.05, 4.69) is 4.99 Å². The van der Waals surface area contributed by atoms with Crippen molar-refractivity contribution in [3.8, 4) is 5.75 Å². The monoisotopic (exact) mass is 393 g/mol. The van der Waals surface area contributed by atoms with Crippen molar-refractivity contribution in [2.24, 2.45) is 10.7 Å². The van der Waals surface area contributed by atoms with Crippen LogP contribution in [0.1, 0.15) is 17.3 Å². The molecule has 9 heteroatoms. The molecular weight excluding hydrogens is 376 g/mol. The van der Waals surface area contributed by atoms with Crippen molar-refractivity contribution < 1.29 is 28.5 Å². The van der Waals surface area contributed by atoms with Gasteiger partial charge in [0.05, 0.1) is 7.05 Å². The Hall–Kier alpha value is -4.14.